The minimum atomic E-state index is 0.486. The van der Waals surface area contributed by atoms with E-state index in [0.29, 0.717) is 11.5 Å². The fourth-order valence-corrected chi connectivity index (χ4v) is 4.57. The summed E-state index contributed by atoms with van der Waals surface area (Å²) in [5, 5.41) is 0. The van der Waals surface area contributed by atoms with Gasteiger partial charge in [-0.3, -0.25) is 11.3 Å². The van der Waals surface area contributed by atoms with Crippen molar-refractivity contribution in [3.63, 3.8) is 0 Å². The Morgan fingerprint density at radius 3 is 2.05 bits per heavy atom. The molecule has 2 aliphatic rings. The molecular formula is C18H36N2. The van der Waals surface area contributed by atoms with Gasteiger partial charge in [-0.05, 0) is 55.3 Å². The Hall–Kier alpha value is -0.0800. The summed E-state index contributed by atoms with van der Waals surface area (Å²) in [6.07, 6.45) is 14.1. The molecule has 2 rings (SSSR count). The zero-order valence-electron chi connectivity index (χ0n) is 14.0. The third-order valence-electron chi connectivity index (χ3n) is 6.09. The fourth-order valence-electron chi connectivity index (χ4n) is 4.57. The molecule has 0 spiro atoms. The van der Waals surface area contributed by atoms with Crippen molar-refractivity contribution in [3.05, 3.63) is 0 Å². The Kier molecular flexibility index (Phi) is 5.92. The lowest BCUT2D eigenvalue weighted by Crippen LogP contribution is -2.44. The van der Waals surface area contributed by atoms with E-state index in [1.807, 2.05) is 0 Å². The van der Waals surface area contributed by atoms with Crippen molar-refractivity contribution < 1.29 is 0 Å². The lowest BCUT2D eigenvalue weighted by molar-refractivity contribution is 0.123. The number of rotatable bonds is 4. The molecule has 0 aromatic rings. The molecule has 0 heterocycles. The van der Waals surface area contributed by atoms with Gasteiger partial charge in [0.15, 0.2) is 0 Å². The van der Waals surface area contributed by atoms with E-state index in [9.17, 15) is 0 Å². The molecule has 118 valence electrons. The van der Waals surface area contributed by atoms with E-state index in [-0.39, 0.29) is 0 Å². The van der Waals surface area contributed by atoms with Crippen LogP contribution in [-0.4, -0.2) is 6.04 Å². The predicted molar refractivity (Wildman–Crippen MR) is 87.2 cm³/mol. The van der Waals surface area contributed by atoms with Crippen molar-refractivity contribution in [2.24, 2.45) is 29.0 Å². The van der Waals surface area contributed by atoms with Crippen LogP contribution in [0.25, 0.3) is 0 Å². The Morgan fingerprint density at radius 2 is 1.55 bits per heavy atom. The highest BCUT2D eigenvalue weighted by Crippen LogP contribution is 2.41. The van der Waals surface area contributed by atoms with Crippen molar-refractivity contribution in [2.45, 2.75) is 91.0 Å². The van der Waals surface area contributed by atoms with Gasteiger partial charge in [-0.25, -0.2) is 0 Å². The molecule has 20 heavy (non-hydrogen) atoms. The van der Waals surface area contributed by atoms with Crippen LogP contribution in [0, 0.1) is 23.2 Å². The maximum absolute atomic E-state index is 5.89. The van der Waals surface area contributed by atoms with Crippen LogP contribution in [0.3, 0.4) is 0 Å². The second-order valence-corrected chi connectivity index (χ2v) is 8.49. The second kappa shape index (κ2) is 7.26. The molecular weight excluding hydrogens is 244 g/mol. The molecule has 1 atom stereocenters. The van der Waals surface area contributed by atoms with Crippen LogP contribution < -0.4 is 11.3 Å². The van der Waals surface area contributed by atoms with Gasteiger partial charge in [-0.1, -0.05) is 52.9 Å². The molecule has 0 radical (unpaired) electrons. The fraction of sp³-hybridized carbons (Fsp3) is 1.00. The van der Waals surface area contributed by atoms with Crippen LogP contribution in [0.4, 0.5) is 0 Å². The molecule has 2 nitrogen and oxygen atoms in total. The Labute approximate surface area is 126 Å². The summed E-state index contributed by atoms with van der Waals surface area (Å²) >= 11 is 0. The smallest absolute Gasteiger partial charge is 0.0241 e. The summed E-state index contributed by atoms with van der Waals surface area (Å²) < 4.78 is 0. The van der Waals surface area contributed by atoms with Gasteiger partial charge in [0.1, 0.15) is 0 Å². The normalized spacial score (nSPS) is 31.2. The molecule has 1 unspecified atom stereocenters. The summed E-state index contributed by atoms with van der Waals surface area (Å²) in [6, 6.07) is 0.569. The van der Waals surface area contributed by atoms with E-state index in [1.54, 1.807) is 0 Å². The highest BCUT2D eigenvalue weighted by molar-refractivity contribution is 4.86. The summed E-state index contributed by atoms with van der Waals surface area (Å²) in [5.41, 5.74) is 3.66. The number of hydrogen-bond acceptors (Lipinski definition) is 2. The van der Waals surface area contributed by atoms with Gasteiger partial charge in [-0.15, -0.1) is 0 Å². The van der Waals surface area contributed by atoms with Crippen molar-refractivity contribution in [1.29, 1.82) is 0 Å². The molecule has 0 saturated heterocycles. The van der Waals surface area contributed by atoms with Gasteiger partial charge in [0, 0.05) is 6.04 Å². The van der Waals surface area contributed by atoms with E-state index in [0.717, 1.165) is 17.8 Å². The van der Waals surface area contributed by atoms with Crippen molar-refractivity contribution in [1.82, 2.24) is 5.43 Å². The van der Waals surface area contributed by atoms with Gasteiger partial charge in [0.05, 0.1) is 0 Å². The maximum atomic E-state index is 5.89. The van der Waals surface area contributed by atoms with Crippen LogP contribution >= 0.6 is 0 Å². The highest BCUT2D eigenvalue weighted by Gasteiger charge is 2.33. The monoisotopic (exact) mass is 280 g/mol. The first-order chi connectivity index (χ1) is 9.50. The topological polar surface area (TPSA) is 38.0 Å². The molecule has 0 aliphatic heterocycles. The third-order valence-corrected chi connectivity index (χ3v) is 6.09. The second-order valence-electron chi connectivity index (χ2n) is 8.49. The van der Waals surface area contributed by atoms with Crippen LogP contribution in [0.1, 0.15) is 85.0 Å². The van der Waals surface area contributed by atoms with E-state index in [1.165, 1.54) is 64.2 Å². The molecule has 0 aromatic carbocycles. The zero-order valence-corrected chi connectivity index (χ0v) is 14.0. The predicted octanol–water partition coefficient (Wildman–Crippen LogP) is 4.64. The minimum Gasteiger partial charge on any atom is -0.271 e. The average molecular weight is 280 g/mol. The van der Waals surface area contributed by atoms with Gasteiger partial charge in [-0.2, -0.15) is 0 Å². The Balaban J connectivity index is 1.80. The number of hydrazine groups is 1. The molecule has 2 saturated carbocycles. The first-order valence-corrected chi connectivity index (χ1v) is 8.97. The summed E-state index contributed by atoms with van der Waals surface area (Å²) in [5.74, 6) is 8.56. The summed E-state index contributed by atoms with van der Waals surface area (Å²) in [4.78, 5) is 0. The number of hydrogen-bond donors (Lipinski definition) is 2. The largest absolute Gasteiger partial charge is 0.271 e. The van der Waals surface area contributed by atoms with Crippen LogP contribution in [0.5, 0.6) is 0 Å². The average Bonchev–Trinajstić information content (AvgIpc) is 2.45. The Bertz CT molecular complexity index is 268. The molecule has 0 amide bonds. The van der Waals surface area contributed by atoms with Crippen LogP contribution in [0.15, 0.2) is 0 Å². The third kappa shape index (κ3) is 4.46. The first kappa shape index (κ1) is 16.3. The van der Waals surface area contributed by atoms with E-state index < -0.39 is 0 Å². The van der Waals surface area contributed by atoms with Crippen molar-refractivity contribution in [3.8, 4) is 0 Å². The van der Waals surface area contributed by atoms with Crippen LogP contribution in [-0.2, 0) is 0 Å². The molecule has 2 aliphatic carbocycles. The molecule has 0 aromatic heterocycles. The SMILES string of the molecule is CC(C)(C)C1CCC(C(CC2CCCCC2)NN)CC1. The highest BCUT2D eigenvalue weighted by atomic mass is 15.2. The number of nitrogens with one attached hydrogen (secondary N) is 1. The Morgan fingerprint density at radius 1 is 0.950 bits per heavy atom. The van der Waals surface area contributed by atoms with Gasteiger partial charge >= 0.3 is 0 Å². The van der Waals surface area contributed by atoms with Crippen molar-refractivity contribution in [2.75, 3.05) is 0 Å². The molecule has 2 fully saturated rings. The van der Waals surface area contributed by atoms with E-state index in [2.05, 4.69) is 26.2 Å². The molecule has 2 heteroatoms. The van der Waals surface area contributed by atoms with Crippen molar-refractivity contribution >= 4 is 0 Å². The summed E-state index contributed by atoms with van der Waals surface area (Å²) in [7, 11) is 0. The molecule has 3 N–H and O–H groups in total. The van der Waals surface area contributed by atoms with Gasteiger partial charge in [0.25, 0.3) is 0 Å². The van der Waals surface area contributed by atoms with Gasteiger partial charge < -0.3 is 0 Å². The minimum absolute atomic E-state index is 0.486. The van der Waals surface area contributed by atoms with E-state index >= 15 is 0 Å². The quantitative estimate of drug-likeness (QED) is 0.581. The lowest BCUT2D eigenvalue weighted by atomic mass is 9.67. The summed E-state index contributed by atoms with van der Waals surface area (Å²) in [6.45, 7) is 7.20. The maximum Gasteiger partial charge on any atom is 0.0241 e. The standard InChI is InChI=1S/C18H36N2/c1-18(2,3)16-11-9-15(10-12-16)17(20-19)13-14-7-5-4-6-8-14/h14-17,20H,4-13,19H2,1-3H3. The van der Waals surface area contributed by atoms with Gasteiger partial charge in [0.2, 0.25) is 0 Å². The first-order valence-electron chi connectivity index (χ1n) is 8.97. The van der Waals surface area contributed by atoms with Crippen LogP contribution in [0.2, 0.25) is 0 Å². The number of nitrogens with two attached hydrogens (primary N) is 1. The zero-order chi connectivity index (χ0) is 14.6. The van der Waals surface area contributed by atoms with E-state index in [4.69, 9.17) is 5.84 Å². The lowest BCUT2D eigenvalue weighted by Gasteiger charge is -2.40. The molecule has 0 bridgehead atoms.